The van der Waals surface area contributed by atoms with Crippen LogP contribution >= 0.6 is 0 Å². The van der Waals surface area contributed by atoms with Crippen LogP contribution in [0.5, 0.6) is 11.5 Å². The van der Waals surface area contributed by atoms with Crippen LogP contribution < -0.4 is 15.1 Å². The van der Waals surface area contributed by atoms with Gasteiger partial charge in [-0.15, -0.1) is 0 Å². The van der Waals surface area contributed by atoms with E-state index >= 15 is 0 Å². The summed E-state index contributed by atoms with van der Waals surface area (Å²) in [5.74, 6) is -4.65. The van der Waals surface area contributed by atoms with Gasteiger partial charge in [0.2, 0.25) is 0 Å². The SMILES string of the molecule is CC(C(=O)O)N(c1ccc(-c2c3ccc(=O)cc-3oc3cc(O)ccc23)cc1OCCOCCN(CC(=O)O)CC(=O)O)C(C)C(=O)O. The maximum Gasteiger partial charge on any atom is 0.326 e. The number of aromatic hydroxyl groups is 1. The van der Waals surface area contributed by atoms with E-state index < -0.39 is 49.1 Å². The maximum absolute atomic E-state index is 12.2. The van der Waals surface area contributed by atoms with Crippen LogP contribution in [0.25, 0.3) is 33.4 Å². The lowest BCUT2D eigenvalue weighted by Crippen LogP contribution is -2.48. The predicted molar refractivity (Wildman–Crippen MR) is 171 cm³/mol. The topological polar surface area (TPSA) is 225 Å². The molecule has 15 heteroatoms. The van der Waals surface area contributed by atoms with Gasteiger partial charge in [0.15, 0.2) is 5.43 Å². The van der Waals surface area contributed by atoms with Crippen molar-refractivity contribution in [1.29, 1.82) is 0 Å². The summed E-state index contributed by atoms with van der Waals surface area (Å²) in [6, 6.07) is 11.0. The minimum Gasteiger partial charge on any atom is -0.508 e. The first kappa shape index (κ1) is 35.2. The molecule has 0 spiro atoms. The number of carbonyl (C=O) groups is 4. The molecule has 0 saturated heterocycles. The zero-order valence-electron chi connectivity index (χ0n) is 26.0. The lowest BCUT2D eigenvalue weighted by Gasteiger charge is -2.33. The van der Waals surface area contributed by atoms with E-state index in [0.29, 0.717) is 22.1 Å². The number of hydrogen-bond acceptors (Lipinski definition) is 11. The molecule has 0 radical (unpaired) electrons. The van der Waals surface area contributed by atoms with E-state index in [-0.39, 0.29) is 60.3 Å². The number of aliphatic carboxylic acids is 4. The van der Waals surface area contributed by atoms with E-state index in [1.807, 2.05) is 0 Å². The number of anilines is 1. The Hall–Kier alpha value is -5.67. The Morgan fingerprint density at radius 2 is 1.48 bits per heavy atom. The third-order valence-corrected chi connectivity index (χ3v) is 7.51. The maximum atomic E-state index is 12.2. The highest BCUT2D eigenvalue weighted by molar-refractivity contribution is 6.02. The summed E-state index contributed by atoms with van der Waals surface area (Å²) in [5.41, 5.74) is 1.83. The second-order valence-electron chi connectivity index (χ2n) is 10.9. The third-order valence-electron chi connectivity index (χ3n) is 7.51. The molecule has 15 nitrogen and oxygen atoms in total. The van der Waals surface area contributed by atoms with Crippen LogP contribution in [0, 0.1) is 0 Å². The average molecular weight is 667 g/mol. The fourth-order valence-corrected chi connectivity index (χ4v) is 5.26. The summed E-state index contributed by atoms with van der Waals surface area (Å²) < 4.78 is 17.5. The number of carboxylic acid groups (broad SMARTS) is 4. The fraction of sp³-hybridized carbons (Fsp3) is 0.303. The summed E-state index contributed by atoms with van der Waals surface area (Å²) >= 11 is 0. The van der Waals surface area contributed by atoms with Crippen LogP contribution in [-0.4, -0.2) is 106 Å². The van der Waals surface area contributed by atoms with Gasteiger partial charge in [0, 0.05) is 35.2 Å². The lowest BCUT2D eigenvalue weighted by molar-refractivity contribution is -0.143. The van der Waals surface area contributed by atoms with E-state index in [0.717, 1.165) is 0 Å². The lowest BCUT2D eigenvalue weighted by atomic mass is 9.93. The molecule has 0 amide bonds. The third kappa shape index (κ3) is 8.37. The summed E-state index contributed by atoms with van der Waals surface area (Å²) in [5, 5.41) is 48.4. The molecule has 5 N–H and O–H groups in total. The van der Waals surface area contributed by atoms with Gasteiger partial charge in [-0.05, 0) is 55.8 Å². The van der Waals surface area contributed by atoms with Crippen molar-refractivity contribution in [3.05, 3.63) is 64.8 Å². The van der Waals surface area contributed by atoms with Gasteiger partial charge in [-0.25, -0.2) is 9.59 Å². The number of fused-ring (bicyclic) bond motifs is 2. The van der Waals surface area contributed by atoms with Crippen molar-refractivity contribution in [2.24, 2.45) is 0 Å². The normalized spacial score (nSPS) is 12.6. The van der Waals surface area contributed by atoms with E-state index in [2.05, 4.69) is 0 Å². The highest BCUT2D eigenvalue weighted by atomic mass is 16.5. The highest BCUT2D eigenvalue weighted by Gasteiger charge is 2.32. The van der Waals surface area contributed by atoms with Crippen LogP contribution in [0.3, 0.4) is 0 Å². The van der Waals surface area contributed by atoms with E-state index in [4.69, 9.17) is 24.1 Å². The zero-order chi connectivity index (χ0) is 35.1. The van der Waals surface area contributed by atoms with Crippen LogP contribution in [0.15, 0.2) is 63.8 Å². The first-order valence-corrected chi connectivity index (χ1v) is 14.7. The van der Waals surface area contributed by atoms with E-state index in [1.54, 1.807) is 24.3 Å². The molecule has 2 aromatic carbocycles. The largest absolute Gasteiger partial charge is 0.508 e. The van der Waals surface area contributed by atoms with Crippen LogP contribution in [-0.2, 0) is 23.9 Å². The molecule has 0 bridgehead atoms. The number of phenolic OH excluding ortho intramolecular Hbond substituents is 1. The second kappa shape index (κ2) is 15.3. The van der Waals surface area contributed by atoms with Gasteiger partial charge in [0.25, 0.3) is 0 Å². The Labute approximate surface area is 273 Å². The molecule has 0 aromatic heterocycles. The van der Waals surface area contributed by atoms with Gasteiger partial charge in [-0.1, -0.05) is 6.07 Å². The number of hydrogen-bond donors (Lipinski definition) is 5. The minimum atomic E-state index is -1.29. The number of benzene rings is 3. The molecule has 4 rings (SSSR count). The summed E-state index contributed by atoms with van der Waals surface area (Å²) in [4.78, 5) is 60.8. The van der Waals surface area contributed by atoms with Crippen molar-refractivity contribution in [2.75, 3.05) is 44.4 Å². The molecule has 1 aliphatic heterocycles. The Kier molecular flexibility index (Phi) is 11.2. The van der Waals surface area contributed by atoms with Crippen molar-refractivity contribution in [1.82, 2.24) is 4.90 Å². The first-order chi connectivity index (χ1) is 22.8. The number of nitrogens with zero attached hydrogens (tertiary/aromatic N) is 2. The molecule has 2 atom stereocenters. The van der Waals surface area contributed by atoms with E-state index in [9.17, 15) is 39.3 Å². The van der Waals surface area contributed by atoms with Gasteiger partial charge < -0.3 is 44.3 Å². The average Bonchev–Trinajstić information content (AvgIpc) is 3.01. The smallest absolute Gasteiger partial charge is 0.326 e. The second-order valence-corrected chi connectivity index (χ2v) is 10.9. The molecular weight excluding hydrogens is 632 g/mol. The standard InChI is InChI=1S/C33H34N2O13/c1-18(32(42)43)35(19(2)33(44)45)25-8-3-20(13-28(25)47-12-11-46-10-9-34(16-29(38)39)17-30(40)41)31-23-6-4-21(36)14-26(23)48-27-15-22(37)5-7-24(27)31/h3-8,13-15,18-19,36H,9-12,16-17H2,1-2H3,(H,38,39)(H,40,41)(H,42,43)(H,44,45). The first-order valence-electron chi connectivity index (χ1n) is 14.7. The minimum absolute atomic E-state index is 0.0131. The Balaban J connectivity index is 1.73. The van der Waals surface area contributed by atoms with Gasteiger partial charge in [0.05, 0.1) is 32.0 Å². The van der Waals surface area contributed by atoms with Crippen molar-refractivity contribution >= 4 is 40.5 Å². The molecule has 2 aliphatic rings. The molecule has 2 unspecified atom stereocenters. The van der Waals surface area contributed by atoms with Crippen molar-refractivity contribution < 1.29 is 58.6 Å². The quantitative estimate of drug-likeness (QED) is 0.0807. The van der Waals surface area contributed by atoms with Crippen molar-refractivity contribution in [3.8, 4) is 33.9 Å². The summed E-state index contributed by atoms with van der Waals surface area (Å²) in [7, 11) is 0. The number of carboxylic acids is 4. The molecule has 2 aromatic rings. The van der Waals surface area contributed by atoms with E-state index in [1.165, 1.54) is 54.0 Å². The fourth-order valence-electron chi connectivity index (χ4n) is 5.26. The number of phenols is 1. The Morgan fingerprint density at radius 3 is 2.10 bits per heavy atom. The van der Waals surface area contributed by atoms with Crippen LogP contribution in [0.4, 0.5) is 5.69 Å². The van der Waals surface area contributed by atoms with Crippen LogP contribution in [0.1, 0.15) is 13.8 Å². The molecular formula is C33H34N2O13. The molecule has 48 heavy (non-hydrogen) atoms. The summed E-state index contributed by atoms with van der Waals surface area (Å²) in [6.45, 7) is 1.55. The predicted octanol–water partition coefficient (Wildman–Crippen LogP) is 2.89. The van der Waals surface area contributed by atoms with Crippen molar-refractivity contribution in [2.45, 2.75) is 25.9 Å². The van der Waals surface area contributed by atoms with Gasteiger partial charge in [-0.2, -0.15) is 0 Å². The van der Waals surface area contributed by atoms with Crippen LogP contribution in [0.2, 0.25) is 0 Å². The monoisotopic (exact) mass is 666 g/mol. The number of rotatable bonds is 17. The van der Waals surface area contributed by atoms with Gasteiger partial charge in [0.1, 0.15) is 41.5 Å². The van der Waals surface area contributed by atoms with Crippen molar-refractivity contribution in [3.63, 3.8) is 0 Å². The Morgan fingerprint density at radius 1 is 0.812 bits per heavy atom. The zero-order valence-corrected chi connectivity index (χ0v) is 26.0. The highest BCUT2D eigenvalue weighted by Crippen LogP contribution is 2.43. The van der Waals surface area contributed by atoms with Gasteiger partial charge >= 0.3 is 23.9 Å². The molecule has 0 fully saturated rings. The number of ether oxygens (including phenoxy) is 2. The summed E-state index contributed by atoms with van der Waals surface area (Å²) in [6.07, 6.45) is 0. The molecule has 0 saturated carbocycles. The molecule has 254 valence electrons. The van der Waals surface area contributed by atoms with Gasteiger partial charge in [-0.3, -0.25) is 19.3 Å². The molecule has 1 heterocycles. The Bertz CT molecular complexity index is 1820. The molecule has 1 aliphatic carbocycles.